The summed E-state index contributed by atoms with van der Waals surface area (Å²) in [6.07, 6.45) is 0. The maximum absolute atomic E-state index is 12.6. The van der Waals surface area contributed by atoms with Crippen LogP contribution in [0.3, 0.4) is 0 Å². The second kappa shape index (κ2) is 9.72. The van der Waals surface area contributed by atoms with Crippen molar-refractivity contribution in [3.05, 3.63) is 76.0 Å². The number of nitrogens with zero attached hydrogens (tertiary/aromatic N) is 5. The Morgan fingerprint density at radius 3 is 2.71 bits per heavy atom. The summed E-state index contributed by atoms with van der Waals surface area (Å²) in [5.41, 5.74) is 6.34. The molecular formula is C29H33N5O4. The molecule has 9 heteroatoms. The van der Waals surface area contributed by atoms with E-state index in [1.165, 1.54) is 6.07 Å². The summed E-state index contributed by atoms with van der Waals surface area (Å²) < 4.78 is 7.58. The van der Waals surface area contributed by atoms with E-state index in [4.69, 9.17) is 4.74 Å². The second-order valence-electron chi connectivity index (χ2n) is 10.7. The van der Waals surface area contributed by atoms with Crippen LogP contribution in [0.25, 0.3) is 11.0 Å². The van der Waals surface area contributed by atoms with Gasteiger partial charge in [-0.25, -0.2) is 9.67 Å². The minimum atomic E-state index is -1.08. The molecule has 2 aromatic carbocycles. The highest BCUT2D eigenvalue weighted by Gasteiger charge is 2.40. The molecule has 1 atom stereocenters. The molecule has 1 aliphatic rings. The van der Waals surface area contributed by atoms with E-state index < -0.39 is 17.3 Å². The van der Waals surface area contributed by atoms with Gasteiger partial charge in [0, 0.05) is 38.7 Å². The highest BCUT2D eigenvalue weighted by Crippen LogP contribution is 2.44. The van der Waals surface area contributed by atoms with Crippen LogP contribution in [0.2, 0.25) is 0 Å². The van der Waals surface area contributed by atoms with Gasteiger partial charge in [-0.2, -0.15) is 0 Å². The number of carboxylic acids is 1. The summed E-state index contributed by atoms with van der Waals surface area (Å²) in [4.78, 5) is 19.1. The summed E-state index contributed by atoms with van der Waals surface area (Å²) in [5.74, 6) is -0.608. The molecule has 3 heterocycles. The number of hydrogen-bond acceptors (Lipinski definition) is 7. The molecule has 198 valence electrons. The van der Waals surface area contributed by atoms with Crippen LogP contribution in [0.4, 0.5) is 0 Å². The molecule has 0 spiro atoms. The predicted octanol–water partition coefficient (Wildman–Crippen LogP) is 4.32. The Morgan fingerprint density at radius 2 is 1.95 bits per heavy atom. The predicted molar refractivity (Wildman–Crippen MR) is 143 cm³/mol. The van der Waals surface area contributed by atoms with Crippen LogP contribution in [0.15, 0.2) is 42.5 Å². The average molecular weight is 516 g/mol. The van der Waals surface area contributed by atoms with Crippen molar-refractivity contribution < 1.29 is 19.7 Å². The van der Waals surface area contributed by atoms with E-state index in [2.05, 4.69) is 39.3 Å². The standard InChI is InChI=1S/C29H33N5O4/c1-17-6-7-19(14-20(17)15-34-12-13-38-24-10-11-25(35)30-22(24)16-34)26(29(3,4)28(36)37)21-8-9-23-27(18(21)2)31-32-33(23)5/h6-11,14,26H,12-13,15-16H2,1-5H3,(H,30,35)(H,36,37). The fraction of sp³-hybridized carbons (Fsp3) is 0.379. The van der Waals surface area contributed by atoms with Crippen molar-refractivity contribution in [3.8, 4) is 11.6 Å². The van der Waals surface area contributed by atoms with Crippen LogP contribution in [-0.2, 0) is 24.9 Å². The Bertz CT molecular complexity index is 1530. The van der Waals surface area contributed by atoms with Gasteiger partial charge in [0.05, 0.1) is 10.9 Å². The summed E-state index contributed by atoms with van der Waals surface area (Å²) in [7, 11) is 1.85. The van der Waals surface area contributed by atoms with Crippen LogP contribution >= 0.6 is 0 Å². The van der Waals surface area contributed by atoms with Crippen molar-refractivity contribution >= 4 is 17.0 Å². The van der Waals surface area contributed by atoms with Crippen molar-refractivity contribution in [2.75, 3.05) is 13.2 Å². The zero-order valence-electron chi connectivity index (χ0n) is 22.4. The molecular weight excluding hydrogens is 482 g/mol. The monoisotopic (exact) mass is 515 g/mol. The molecule has 0 bridgehead atoms. The molecule has 1 aliphatic heterocycles. The number of fused-ring (bicyclic) bond motifs is 2. The lowest BCUT2D eigenvalue weighted by Gasteiger charge is -2.33. The van der Waals surface area contributed by atoms with Gasteiger partial charge in [-0.1, -0.05) is 29.5 Å². The maximum atomic E-state index is 12.6. The summed E-state index contributed by atoms with van der Waals surface area (Å²) in [5, 5.41) is 28.7. The number of aromatic nitrogens is 4. The first-order chi connectivity index (χ1) is 18.1. The van der Waals surface area contributed by atoms with Gasteiger partial charge in [-0.15, -0.1) is 5.10 Å². The zero-order valence-corrected chi connectivity index (χ0v) is 22.4. The van der Waals surface area contributed by atoms with Crippen molar-refractivity contribution in [1.82, 2.24) is 24.9 Å². The molecule has 2 aromatic heterocycles. The van der Waals surface area contributed by atoms with E-state index in [9.17, 15) is 15.0 Å². The lowest BCUT2D eigenvalue weighted by atomic mass is 9.69. The second-order valence-corrected chi connectivity index (χ2v) is 10.7. The van der Waals surface area contributed by atoms with Crippen molar-refractivity contribution in [3.63, 3.8) is 0 Å². The summed E-state index contributed by atoms with van der Waals surface area (Å²) in [6.45, 7) is 10.0. The number of rotatable bonds is 6. The quantitative estimate of drug-likeness (QED) is 0.390. The van der Waals surface area contributed by atoms with Gasteiger partial charge in [0.15, 0.2) is 0 Å². The minimum absolute atomic E-state index is 0.0263. The lowest BCUT2D eigenvalue weighted by molar-refractivity contribution is -0.147. The molecule has 0 fully saturated rings. The van der Waals surface area contributed by atoms with Gasteiger partial charge >= 0.3 is 5.97 Å². The number of aryl methyl sites for hydroxylation is 3. The first-order valence-electron chi connectivity index (χ1n) is 12.7. The number of aliphatic carboxylic acids is 1. The van der Waals surface area contributed by atoms with Gasteiger partial charge in [0.2, 0.25) is 5.88 Å². The first-order valence-corrected chi connectivity index (χ1v) is 12.7. The van der Waals surface area contributed by atoms with Crippen LogP contribution < -0.4 is 4.74 Å². The number of carbonyl (C=O) groups is 1. The molecule has 9 nitrogen and oxygen atoms in total. The molecule has 2 N–H and O–H groups in total. The van der Waals surface area contributed by atoms with E-state index in [0.29, 0.717) is 37.7 Å². The maximum Gasteiger partial charge on any atom is 0.310 e. The van der Waals surface area contributed by atoms with Gasteiger partial charge in [-0.3, -0.25) is 9.69 Å². The van der Waals surface area contributed by atoms with Crippen molar-refractivity contribution in [1.29, 1.82) is 0 Å². The molecule has 5 rings (SSSR count). The van der Waals surface area contributed by atoms with E-state index in [0.717, 1.165) is 38.9 Å². The summed E-state index contributed by atoms with van der Waals surface area (Å²) in [6, 6.07) is 13.5. The third-order valence-electron chi connectivity index (χ3n) is 7.72. The van der Waals surface area contributed by atoms with Crippen LogP contribution in [-0.4, -0.2) is 54.2 Å². The molecule has 0 saturated heterocycles. The lowest BCUT2D eigenvalue weighted by Crippen LogP contribution is -2.33. The Hall–Kier alpha value is -3.98. The Labute approximate surface area is 221 Å². The van der Waals surface area contributed by atoms with E-state index in [1.807, 2.05) is 32.2 Å². The molecule has 38 heavy (non-hydrogen) atoms. The van der Waals surface area contributed by atoms with Crippen LogP contribution in [0.5, 0.6) is 11.6 Å². The van der Waals surface area contributed by atoms with E-state index >= 15 is 0 Å². The number of carboxylic acid groups (broad SMARTS) is 1. The van der Waals surface area contributed by atoms with Crippen LogP contribution in [0.1, 0.15) is 53.3 Å². The van der Waals surface area contributed by atoms with Gasteiger partial charge in [-0.05, 0) is 67.6 Å². The molecule has 0 radical (unpaired) electrons. The number of aromatic hydroxyl groups is 1. The third kappa shape index (κ3) is 4.58. The molecule has 0 saturated carbocycles. The Balaban J connectivity index is 1.55. The fourth-order valence-corrected chi connectivity index (χ4v) is 5.38. The van der Waals surface area contributed by atoms with Crippen molar-refractivity contribution in [2.45, 2.75) is 46.7 Å². The smallest absolute Gasteiger partial charge is 0.310 e. The zero-order chi connectivity index (χ0) is 27.2. The van der Waals surface area contributed by atoms with E-state index in [1.54, 1.807) is 24.6 Å². The number of benzene rings is 2. The first kappa shape index (κ1) is 25.7. The normalized spacial score (nSPS) is 15.1. The highest BCUT2D eigenvalue weighted by atomic mass is 16.5. The highest BCUT2D eigenvalue weighted by molar-refractivity contribution is 5.81. The van der Waals surface area contributed by atoms with Gasteiger partial charge < -0.3 is 14.9 Å². The van der Waals surface area contributed by atoms with Crippen molar-refractivity contribution in [2.24, 2.45) is 12.5 Å². The van der Waals surface area contributed by atoms with Gasteiger partial charge in [0.25, 0.3) is 0 Å². The fourth-order valence-electron chi connectivity index (χ4n) is 5.38. The molecule has 1 unspecified atom stereocenters. The number of pyridine rings is 1. The summed E-state index contributed by atoms with van der Waals surface area (Å²) >= 11 is 0. The molecule has 0 aliphatic carbocycles. The van der Waals surface area contributed by atoms with Gasteiger partial charge in [0.1, 0.15) is 23.6 Å². The molecule has 4 aromatic rings. The topological polar surface area (TPSA) is 114 Å². The molecule has 0 amide bonds. The van der Waals surface area contributed by atoms with Crippen LogP contribution in [0, 0.1) is 19.3 Å². The average Bonchev–Trinajstić information content (AvgIpc) is 3.13. The number of hydrogen-bond donors (Lipinski definition) is 2. The number of ether oxygens (including phenoxy) is 1. The minimum Gasteiger partial charge on any atom is -0.493 e. The largest absolute Gasteiger partial charge is 0.493 e. The third-order valence-corrected chi connectivity index (χ3v) is 7.72. The van der Waals surface area contributed by atoms with E-state index in [-0.39, 0.29) is 5.88 Å². The Morgan fingerprint density at radius 1 is 1.16 bits per heavy atom. The SMILES string of the molecule is Cc1ccc(C(c2ccc3c(nnn3C)c2C)C(C)(C)C(=O)O)cc1CN1CCOc2ccc(O)nc2C1. The Kier molecular flexibility index (Phi) is 6.56.